The van der Waals surface area contributed by atoms with Crippen molar-refractivity contribution in [3.63, 3.8) is 0 Å². The Morgan fingerprint density at radius 2 is 2.11 bits per heavy atom. The fourth-order valence-corrected chi connectivity index (χ4v) is 2.28. The van der Waals surface area contributed by atoms with E-state index in [1.165, 1.54) is 5.56 Å². The van der Waals surface area contributed by atoms with Gasteiger partial charge in [-0.1, -0.05) is 17.7 Å². The number of morpholine rings is 1. The molecular formula is C15H18N2O2. The molecule has 1 fully saturated rings. The largest absolute Gasteiger partial charge is 0.444 e. The lowest BCUT2D eigenvalue weighted by molar-refractivity contribution is 0.0336. The molecule has 0 unspecified atom stereocenters. The van der Waals surface area contributed by atoms with Crippen molar-refractivity contribution in [2.24, 2.45) is 0 Å². The second-order valence-corrected chi connectivity index (χ2v) is 4.90. The van der Waals surface area contributed by atoms with Gasteiger partial charge in [0.1, 0.15) is 6.26 Å². The van der Waals surface area contributed by atoms with E-state index in [1.54, 1.807) is 6.26 Å². The minimum Gasteiger partial charge on any atom is -0.444 e. The van der Waals surface area contributed by atoms with Gasteiger partial charge in [-0.15, -0.1) is 0 Å². The first-order chi connectivity index (χ1) is 9.31. The fraction of sp³-hybridized carbons (Fsp3) is 0.400. The lowest BCUT2D eigenvalue weighted by atomic mass is 10.1. The number of ether oxygens (including phenoxy) is 1. The molecule has 0 saturated carbocycles. The normalized spacial score (nSPS) is 16.7. The van der Waals surface area contributed by atoms with E-state index >= 15 is 0 Å². The molecule has 2 heterocycles. The van der Waals surface area contributed by atoms with Crippen LogP contribution in [0.1, 0.15) is 11.3 Å². The molecule has 4 heteroatoms. The van der Waals surface area contributed by atoms with E-state index < -0.39 is 0 Å². The molecular weight excluding hydrogens is 240 g/mol. The van der Waals surface area contributed by atoms with Crippen LogP contribution in [0.2, 0.25) is 0 Å². The van der Waals surface area contributed by atoms with Crippen molar-refractivity contribution < 1.29 is 9.15 Å². The van der Waals surface area contributed by atoms with Gasteiger partial charge in [-0.05, 0) is 19.1 Å². The molecule has 4 nitrogen and oxygen atoms in total. The number of aryl methyl sites for hydroxylation is 1. The van der Waals surface area contributed by atoms with Crippen LogP contribution in [0.25, 0.3) is 11.5 Å². The smallest absolute Gasteiger partial charge is 0.226 e. The quantitative estimate of drug-likeness (QED) is 0.847. The Bertz CT molecular complexity index is 545. The molecule has 3 rings (SSSR count). The summed E-state index contributed by atoms with van der Waals surface area (Å²) in [5, 5.41) is 0. The Morgan fingerprint density at radius 3 is 2.89 bits per heavy atom. The summed E-state index contributed by atoms with van der Waals surface area (Å²) in [5.74, 6) is 0.701. The van der Waals surface area contributed by atoms with Crippen LogP contribution in [0.5, 0.6) is 0 Å². The van der Waals surface area contributed by atoms with Gasteiger partial charge < -0.3 is 9.15 Å². The molecule has 0 amide bonds. The molecule has 0 N–H and O–H groups in total. The second-order valence-electron chi connectivity index (χ2n) is 4.90. The van der Waals surface area contributed by atoms with Crippen molar-refractivity contribution in [1.82, 2.24) is 9.88 Å². The summed E-state index contributed by atoms with van der Waals surface area (Å²) >= 11 is 0. The topological polar surface area (TPSA) is 38.5 Å². The monoisotopic (exact) mass is 258 g/mol. The molecule has 0 spiro atoms. The molecule has 1 aromatic carbocycles. The number of hydrogen-bond donors (Lipinski definition) is 0. The third kappa shape index (κ3) is 3.03. The maximum absolute atomic E-state index is 5.58. The van der Waals surface area contributed by atoms with E-state index in [9.17, 15) is 0 Å². The summed E-state index contributed by atoms with van der Waals surface area (Å²) in [7, 11) is 0. The van der Waals surface area contributed by atoms with E-state index in [1.807, 2.05) is 12.1 Å². The van der Waals surface area contributed by atoms with Crippen LogP contribution in [0.3, 0.4) is 0 Å². The van der Waals surface area contributed by atoms with Crippen molar-refractivity contribution >= 4 is 0 Å². The number of nitrogens with zero attached hydrogens (tertiary/aromatic N) is 2. The van der Waals surface area contributed by atoms with Crippen LogP contribution in [0, 0.1) is 6.92 Å². The third-order valence-electron chi connectivity index (χ3n) is 3.31. The minimum absolute atomic E-state index is 0.701. The lowest BCUT2D eigenvalue weighted by Gasteiger charge is -2.25. The summed E-state index contributed by atoms with van der Waals surface area (Å²) in [5.41, 5.74) is 3.23. The lowest BCUT2D eigenvalue weighted by Crippen LogP contribution is -2.35. The first-order valence-electron chi connectivity index (χ1n) is 6.63. The van der Waals surface area contributed by atoms with E-state index in [0.29, 0.717) is 5.89 Å². The predicted molar refractivity (Wildman–Crippen MR) is 72.8 cm³/mol. The highest BCUT2D eigenvalue weighted by Crippen LogP contribution is 2.20. The average Bonchev–Trinajstić information content (AvgIpc) is 2.88. The van der Waals surface area contributed by atoms with Gasteiger partial charge in [-0.3, -0.25) is 4.90 Å². The number of rotatable bonds is 3. The zero-order chi connectivity index (χ0) is 13.1. The molecule has 1 aliphatic rings. The van der Waals surface area contributed by atoms with Crippen molar-refractivity contribution in [2.75, 3.05) is 26.3 Å². The van der Waals surface area contributed by atoms with Crippen LogP contribution < -0.4 is 0 Å². The van der Waals surface area contributed by atoms with Crippen LogP contribution in [-0.2, 0) is 11.3 Å². The highest BCUT2D eigenvalue weighted by molar-refractivity contribution is 5.54. The van der Waals surface area contributed by atoms with Gasteiger partial charge in [0.2, 0.25) is 5.89 Å². The summed E-state index contributed by atoms with van der Waals surface area (Å²) < 4.78 is 10.9. The van der Waals surface area contributed by atoms with Gasteiger partial charge in [-0.2, -0.15) is 0 Å². The van der Waals surface area contributed by atoms with Crippen molar-refractivity contribution in [3.8, 4) is 11.5 Å². The molecule has 0 bridgehead atoms. The number of oxazole rings is 1. The summed E-state index contributed by atoms with van der Waals surface area (Å²) in [6.45, 7) is 6.45. The molecule has 0 aliphatic carbocycles. The van der Waals surface area contributed by atoms with Gasteiger partial charge in [0.15, 0.2) is 0 Å². The first kappa shape index (κ1) is 12.4. The Labute approximate surface area is 113 Å². The third-order valence-corrected chi connectivity index (χ3v) is 3.31. The highest BCUT2D eigenvalue weighted by Gasteiger charge is 2.13. The van der Waals surface area contributed by atoms with E-state index in [2.05, 4.69) is 28.9 Å². The number of hydrogen-bond acceptors (Lipinski definition) is 4. The number of benzene rings is 1. The van der Waals surface area contributed by atoms with E-state index in [4.69, 9.17) is 9.15 Å². The number of aromatic nitrogens is 1. The van der Waals surface area contributed by atoms with Gasteiger partial charge in [0.05, 0.1) is 18.9 Å². The Morgan fingerprint density at radius 1 is 1.26 bits per heavy atom. The van der Waals surface area contributed by atoms with E-state index in [-0.39, 0.29) is 0 Å². The SMILES string of the molecule is Cc1cccc(-c2nc(CN3CCOCC3)co2)c1. The van der Waals surface area contributed by atoms with Crippen LogP contribution >= 0.6 is 0 Å². The molecule has 1 aromatic heterocycles. The summed E-state index contributed by atoms with van der Waals surface area (Å²) in [4.78, 5) is 6.90. The van der Waals surface area contributed by atoms with Crippen molar-refractivity contribution in [3.05, 3.63) is 41.8 Å². The predicted octanol–water partition coefficient (Wildman–Crippen LogP) is 2.48. The zero-order valence-electron chi connectivity index (χ0n) is 11.1. The molecule has 0 atom stereocenters. The molecule has 0 radical (unpaired) electrons. The molecule has 19 heavy (non-hydrogen) atoms. The van der Waals surface area contributed by atoms with Crippen LogP contribution in [-0.4, -0.2) is 36.2 Å². The van der Waals surface area contributed by atoms with Gasteiger partial charge in [0, 0.05) is 25.2 Å². The molecule has 1 aliphatic heterocycles. The highest BCUT2D eigenvalue weighted by atomic mass is 16.5. The first-order valence-corrected chi connectivity index (χ1v) is 6.63. The van der Waals surface area contributed by atoms with Gasteiger partial charge in [0.25, 0.3) is 0 Å². The Kier molecular flexibility index (Phi) is 3.62. The summed E-state index contributed by atoms with van der Waals surface area (Å²) in [6.07, 6.45) is 1.76. The maximum atomic E-state index is 5.58. The Hall–Kier alpha value is -1.65. The standard InChI is InChI=1S/C15H18N2O2/c1-12-3-2-4-13(9-12)15-16-14(11-19-15)10-17-5-7-18-8-6-17/h2-4,9,11H,5-8,10H2,1H3. The second kappa shape index (κ2) is 5.55. The van der Waals surface area contributed by atoms with Crippen LogP contribution in [0.4, 0.5) is 0 Å². The zero-order valence-corrected chi connectivity index (χ0v) is 11.1. The minimum atomic E-state index is 0.701. The average molecular weight is 258 g/mol. The van der Waals surface area contributed by atoms with Crippen molar-refractivity contribution in [2.45, 2.75) is 13.5 Å². The van der Waals surface area contributed by atoms with Crippen LogP contribution in [0.15, 0.2) is 34.9 Å². The summed E-state index contributed by atoms with van der Waals surface area (Å²) in [6, 6.07) is 8.21. The maximum Gasteiger partial charge on any atom is 0.226 e. The Balaban J connectivity index is 1.72. The van der Waals surface area contributed by atoms with Gasteiger partial charge >= 0.3 is 0 Å². The van der Waals surface area contributed by atoms with E-state index in [0.717, 1.165) is 44.1 Å². The molecule has 2 aromatic rings. The van der Waals surface area contributed by atoms with Gasteiger partial charge in [-0.25, -0.2) is 4.98 Å². The van der Waals surface area contributed by atoms with Crippen molar-refractivity contribution in [1.29, 1.82) is 0 Å². The fourth-order valence-electron chi connectivity index (χ4n) is 2.28. The molecule has 1 saturated heterocycles. The molecule has 100 valence electrons.